The molecule has 0 N–H and O–H groups in total. The molecular formula is C21H23NO3S. The molecule has 2 rings (SSSR count). The van der Waals surface area contributed by atoms with Crippen LogP contribution in [0.3, 0.4) is 0 Å². The van der Waals surface area contributed by atoms with Gasteiger partial charge in [-0.25, -0.2) is 4.79 Å². The number of benzene rings is 2. The molecule has 0 saturated carbocycles. The predicted molar refractivity (Wildman–Crippen MR) is 106 cm³/mol. The van der Waals surface area contributed by atoms with Crippen molar-refractivity contribution in [3.63, 3.8) is 0 Å². The van der Waals surface area contributed by atoms with Gasteiger partial charge in [-0.15, -0.1) is 11.8 Å². The van der Waals surface area contributed by atoms with Crippen molar-refractivity contribution >= 4 is 29.7 Å². The molecule has 1 unspecified atom stereocenters. The van der Waals surface area contributed by atoms with E-state index < -0.39 is 5.97 Å². The summed E-state index contributed by atoms with van der Waals surface area (Å²) in [6, 6.07) is 18.7. The molecule has 0 spiro atoms. The average molecular weight is 369 g/mol. The van der Waals surface area contributed by atoms with Gasteiger partial charge in [-0.3, -0.25) is 4.79 Å². The van der Waals surface area contributed by atoms with E-state index in [4.69, 9.17) is 4.84 Å². The van der Waals surface area contributed by atoms with Crippen molar-refractivity contribution in [2.75, 3.05) is 0 Å². The lowest BCUT2D eigenvalue weighted by Gasteiger charge is -2.15. The fourth-order valence-corrected chi connectivity index (χ4v) is 3.63. The summed E-state index contributed by atoms with van der Waals surface area (Å²) in [5.41, 5.74) is 0.654. The van der Waals surface area contributed by atoms with Gasteiger partial charge in [0.25, 0.3) is 0 Å². The molecule has 2 aromatic rings. The van der Waals surface area contributed by atoms with Crippen LogP contribution in [0.15, 0.2) is 70.7 Å². The number of carbonyl (C=O) groups excluding carboxylic acids is 2. The van der Waals surface area contributed by atoms with Gasteiger partial charge in [0.2, 0.25) is 0 Å². The molecule has 0 aliphatic carbocycles. The third-order valence-electron chi connectivity index (χ3n) is 3.75. The van der Waals surface area contributed by atoms with Crippen LogP contribution in [0.4, 0.5) is 0 Å². The van der Waals surface area contributed by atoms with Gasteiger partial charge in [0.15, 0.2) is 6.29 Å². The van der Waals surface area contributed by atoms with Crippen LogP contribution in [-0.2, 0) is 9.63 Å². The summed E-state index contributed by atoms with van der Waals surface area (Å²) in [7, 11) is 0. The summed E-state index contributed by atoms with van der Waals surface area (Å²) in [4.78, 5) is 29.4. The van der Waals surface area contributed by atoms with E-state index in [0.717, 1.165) is 24.2 Å². The van der Waals surface area contributed by atoms with Gasteiger partial charge < -0.3 is 4.84 Å². The summed E-state index contributed by atoms with van der Waals surface area (Å²) in [6.07, 6.45) is 4.26. The highest BCUT2D eigenvalue weighted by molar-refractivity contribution is 8.00. The Labute approximate surface area is 158 Å². The molecule has 0 aromatic heterocycles. The van der Waals surface area contributed by atoms with Crippen molar-refractivity contribution in [1.29, 1.82) is 0 Å². The number of rotatable bonds is 10. The lowest BCUT2D eigenvalue weighted by atomic mass is 10.1. The SMILES string of the molecule is CCCCC(CC(C=O)=NOC(=O)c1ccccc1)Sc1ccccc1. The minimum Gasteiger partial charge on any atom is -0.312 e. The predicted octanol–water partition coefficient (Wildman–Crippen LogP) is 5.14. The second-order valence-electron chi connectivity index (χ2n) is 5.84. The van der Waals surface area contributed by atoms with Gasteiger partial charge in [-0.2, -0.15) is 0 Å². The number of carbonyl (C=O) groups is 2. The second-order valence-corrected chi connectivity index (χ2v) is 7.22. The Morgan fingerprint density at radius 3 is 2.38 bits per heavy atom. The van der Waals surface area contributed by atoms with E-state index in [-0.39, 0.29) is 11.0 Å². The van der Waals surface area contributed by atoms with E-state index in [1.54, 1.807) is 36.0 Å². The summed E-state index contributed by atoms with van der Waals surface area (Å²) in [6.45, 7) is 2.14. The van der Waals surface area contributed by atoms with Crippen LogP contribution in [0.2, 0.25) is 0 Å². The van der Waals surface area contributed by atoms with Gasteiger partial charge in [0, 0.05) is 16.6 Å². The fourth-order valence-electron chi connectivity index (χ4n) is 2.39. The lowest BCUT2D eigenvalue weighted by molar-refractivity contribution is -0.102. The molecule has 0 heterocycles. The highest BCUT2D eigenvalue weighted by Crippen LogP contribution is 2.29. The molecule has 0 fully saturated rings. The van der Waals surface area contributed by atoms with Gasteiger partial charge in [-0.1, -0.05) is 61.3 Å². The maximum absolute atomic E-state index is 12.0. The molecule has 5 heteroatoms. The standard InChI is InChI=1S/C21H23NO3S/c1-2-3-12-20(26-19-13-8-5-9-14-19)15-18(16-23)22-25-21(24)17-10-6-4-7-11-17/h4-11,13-14,16,20H,2-3,12,15H2,1H3. The number of aldehydes is 1. The summed E-state index contributed by atoms with van der Waals surface area (Å²) in [5, 5.41) is 4.00. The first kappa shape index (κ1) is 19.9. The maximum Gasteiger partial charge on any atom is 0.365 e. The monoisotopic (exact) mass is 369 g/mol. The highest BCUT2D eigenvalue weighted by atomic mass is 32.2. The minimum absolute atomic E-state index is 0.205. The van der Waals surface area contributed by atoms with E-state index in [1.165, 1.54) is 0 Å². The third-order valence-corrected chi connectivity index (χ3v) is 5.03. The van der Waals surface area contributed by atoms with Crippen molar-refractivity contribution in [1.82, 2.24) is 0 Å². The average Bonchev–Trinajstić information content (AvgIpc) is 2.70. The van der Waals surface area contributed by atoms with E-state index >= 15 is 0 Å². The minimum atomic E-state index is -0.564. The lowest BCUT2D eigenvalue weighted by Crippen LogP contribution is -2.13. The third kappa shape index (κ3) is 6.84. The zero-order valence-electron chi connectivity index (χ0n) is 14.8. The van der Waals surface area contributed by atoms with Crippen LogP contribution in [0.5, 0.6) is 0 Å². The Bertz CT molecular complexity index is 717. The molecule has 0 aliphatic rings. The largest absolute Gasteiger partial charge is 0.365 e. The van der Waals surface area contributed by atoms with Gasteiger partial charge in [0.1, 0.15) is 5.71 Å². The Hall–Kier alpha value is -2.40. The zero-order chi connectivity index (χ0) is 18.6. The molecule has 0 saturated heterocycles. The van der Waals surface area contributed by atoms with Crippen molar-refractivity contribution in [2.45, 2.75) is 42.8 Å². The Kier molecular flexibility index (Phi) is 8.63. The van der Waals surface area contributed by atoms with Gasteiger partial charge in [-0.05, 0) is 30.7 Å². The van der Waals surface area contributed by atoms with Gasteiger partial charge >= 0.3 is 5.97 Å². The Morgan fingerprint density at radius 1 is 1.12 bits per heavy atom. The number of hydrogen-bond acceptors (Lipinski definition) is 5. The van der Waals surface area contributed by atoms with E-state index in [0.29, 0.717) is 18.3 Å². The quantitative estimate of drug-likeness (QED) is 0.191. The van der Waals surface area contributed by atoms with Crippen molar-refractivity contribution in [3.8, 4) is 0 Å². The maximum atomic E-state index is 12.0. The fraction of sp³-hybridized carbons (Fsp3) is 0.286. The number of hydrogen-bond donors (Lipinski definition) is 0. The number of thioether (sulfide) groups is 1. The second kappa shape index (κ2) is 11.3. The highest BCUT2D eigenvalue weighted by Gasteiger charge is 2.15. The van der Waals surface area contributed by atoms with Crippen molar-refractivity contribution < 1.29 is 14.4 Å². The molecule has 0 aliphatic heterocycles. The molecule has 1 atom stereocenters. The topological polar surface area (TPSA) is 55.7 Å². The summed E-state index contributed by atoms with van der Waals surface area (Å²) in [5.74, 6) is -0.564. The number of nitrogens with zero attached hydrogens (tertiary/aromatic N) is 1. The van der Waals surface area contributed by atoms with E-state index in [2.05, 4.69) is 24.2 Å². The van der Waals surface area contributed by atoms with Gasteiger partial charge in [0.05, 0.1) is 5.56 Å². The molecule has 0 bridgehead atoms. The summed E-state index contributed by atoms with van der Waals surface area (Å²) < 4.78 is 0. The zero-order valence-corrected chi connectivity index (χ0v) is 15.7. The smallest absolute Gasteiger partial charge is 0.312 e. The van der Waals surface area contributed by atoms with E-state index in [9.17, 15) is 9.59 Å². The number of oxime groups is 1. The molecule has 26 heavy (non-hydrogen) atoms. The molecule has 2 aromatic carbocycles. The Balaban J connectivity index is 2.00. The first-order valence-corrected chi connectivity index (χ1v) is 9.61. The summed E-state index contributed by atoms with van der Waals surface area (Å²) >= 11 is 1.72. The molecular weight excluding hydrogens is 346 g/mol. The van der Waals surface area contributed by atoms with E-state index in [1.807, 2.05) is 24.3 Å². The van der Waals surface area contributed by atoms with Crippen molar-refractivity contribution in [2.24, 2.45) is 5.16 Å². The van der Waals surface area contributed by atoms with Crippen LogP contribution in [-0.4, -0.2) is 23.2 Å². The molecule has 0 radical (unpaired) electrons. The first-order valence-electron chi connectivity index (χ1n) is 8.73. The van der Waals surface area contributed by atoms with Crippen molar-refractivity contribution in [3.05, 3.63) is 66.2 Å². The molecule has 0 amide bonds. The van der Waals surface area contributed by atoms with Crippen LogP contribution < -0.4 is 0 Å². The van der Waals surface area contributed by atoms with Crippen LogP contribution in [0.25, 0.3) is 0 Å². The molecule has 4 nitrogen and oxygen atoms in total. The Morgan fingerprint density at radius 2 is 1.77 bits per heavy atom. The molecule has 136 valence electrons. The normalized spacial score (nSPS) is 12.4. The van der Waals surface area contributed by atoms with Crippen LogP contribution >= 0.6 is 11.8 Å². The van der Waals surface area contributed by atoms with Crippen LogP contribution in [0, 0.1) is 0 Å². The van der Waals surface area contributed by atoms with Crippen LogP contribution in [0.1, 0.15) is 43.0 Å². The number of unbranched alkanes of at least 4 members (excludes halogenated alkanes) is 1. The first-order chi connectivity index (χ1) is 12.7.